The Morgan fingerprint density at radius 1 is 1.17 bits per heavy atom. The normalized spacial score (nSPS) is 21.3. The standard InChI is InChI=1S/C19H23FN2O/c1-23-19-7-5-14(6-8-19)9-15-10-17(21)13-22(12-15)18-4-2-3-16(20)11-18/h2-8,11,15,17H,9-10,12-13,21H2,1H3. The van der Waals surface area contributed by atoms with Gasteiger partial charge in [0.05, 0.1) is 7.11 Å². The Morgan fingerprint density at radius 2 is 1.96 bits per heavy atom. The van der Waals surface area contributed by atoms with Crippen LogP contribution in [0.3, 0.4) is 0 Å². The Bertz CT molecular complexity index is 644. The van der Waals surface area contributed by atoms with Crippen molar-refractivity contribution in [2.24, 2.45) is 11.7 Å². The topological polar surface area (TPSA) is 38.5 Å². The van der Waals surface area contributed by atoms with Crippen LogP contribution >= 0.6 is 0 Å². The zero-order valence-electron chi connectivity index (χ0n) is 13.4. The first-order valence-corrected chi connectivity index (χ1v) is 8.03. The minimum absolute atomic E-state index is 0.121. The van der Waals surface area contributed by atoms with E-state index in [-0.39, 0.29) is 11.9 Å². The molecule has 4 heteroatoms. The number of nitrogens with zero attached hydrogens (tertiary/aromatic N) is 1. The maximum atomic E-state index is 13.5. The van der Waals surface area contributed by atoms with Gasteiger partial charge in [0.2, 0.25) is 0 Å². The summed E-state index contributed by atoms with van der Waals surface area (Å²) < 4.78 is 18.7. The number of anilines is 1. The smallest absolute Gasteiger partial charge is 0.125 e. The predicted octanol–water partition coefficient (Wildman–Crippen LogP) is 3.23. The first kappa shape index (κ1) is 15.8. The Labute approximate surface area is 136 Å². The lowest BCUT2D eigenvalue weighted by molar-refractivity contribution is 0.374. The van der Waals surface area contributed by atoms with Crippen LogP contribution in [0.1, 0.15) is 12.0 Å². The molecule has 0 aliphatic carbocycles. The Morgan fingerprint density at radius 3 is 2.65 bits per heavy atom. The van der Waals surface area contributed by atoms with Gasteiger partial charge in [0.1, 0.15) is 11.6 Å². The molecule has 23 heavy (non-hydrogen) atoms. The summed E-state index contributed by atoms with van der Waals surface area (Å²) in [4.78, 5) is 2.20. The van der Waals surface area contributed by atoms with Gasteiger partial charge in [-0.05, 0) is 54.7 Å². The lowest BCUT2D eigenvalue weighted by Gasteiger charge is -2.38. The van der Waals surface area contributed by atoms with Gasteiger partial charge in [-0.2, -0.15) is 0 Å². The SMILES string of the molecule is COc1ccc(CC2CC(N)CN(c3cccc(F)c3)C2)cc1. The Kier molecular flexibility index (Phi) is 4.82. The van der Waals surface area contributed by atoms with Crippen LogP contribution in [-0.2, 0) is 6.42 Å². The molecule has 2 atom stereocenters. The summed E-state index contributed by atoms with van der Waals surface area (Å²) in [5.41, 5.74) is 8.43. The van der Waals surface area contributed by atoms with Gasteiger partial charge in [-0.15, -0.1) is 0 Å². The molecule has 0 amide bonds. The van der Waals surface area contributed by atoms with E-state index < -0.39 is 0 Å². The van der Waals surface area contributed by atoms with E-state index in [1.54, 1.807) is 19.2 Å². The lowest BCUT2D eigenvalue weighted by atomic mass is 9.88. The number of halogens is 1. The van der Waals surface area contributed by atoms with Crippen molar-refractivity contribution >= 4 is 5.69 Å². The van der Waals surface area contributed by atoms with Crippen molar-refractivity contribution in [1.29, 1.82) is 0 Å². The van der Waals surface area contributed by atoms with Crippen molar-refractivity contribution in [2.45, 2.75) is 18.9 Å². The summed E-state index contributed by atoms with van der Waals surface area (Å²) >= 11 is 0. The van der Waals surface area contributed by atoms with E-state index in [0.29, 0.717) is 5.92 Å². The molecule has 1 fully saturated rings. The van der Waals surface area contributed by atoms with Crippen molar-refractivity contribution in [3.63, 3.8) is 0 Å². The molecular formula is C19H23FN2O. The number of piperidine rings is 1. The molecule has 1 aliphatic heterocycles. The molecule has 0 saturated carbocycles. The number of ether oxygens (including phenoxy) is 1. The first-order valence-electron chi connectivity index (χ1n) is 8.03. The highest BCUT2D eigenvalue weighted by atomic mass is 19.1. The fourth-order valence-electron chi connectivity index (χ4n) is 3.37. The number of hydrogen-bond donors (Lipinski definition) is 1. The molecule has 0 bridgehead atoms. The number of rotatable bonds is 4. The second-order valence-electron chi connectivity index (χ2n) is 6.30. The largest absolute Gasteiger partial charge is 0.497 e. The quantitative estimate of drug-likeness (QED) is 0.941. The van der Waals surface area contributed by atoms with Crippen LogP contribution in [-0.4, -0.2) is 26.2 Å². The van der Waals surface area contributed by atoms with E-state index in [9.17, 15) is 4.39 Å². The average molecular weight is 314 g/mol. The van der Waals surface area contributed by atoms with Gasteiger partial charge in [-0.1, -0.05) is 18.2 Å². The van der Waals surface area contributed by atoms with Crippen LogP contribution in [0.15, 0.2) is 48.5 Å². The first-order chi connectivity index (χ1) is 11.1. The van der Waals surface area contributed by atoms with Gasteiger partial charge in [-0.25, -0.2) is 4.39 Å². The summed E-state index contributed by atoms with van der Waals surface area (Å²) in [7, 11) is 1.67. The molecule has 1 heterocycles. The maximum absolute atomic E-state index is 13.5. The van der Waals surface area contributed by atoms with Crippen molar-refractivity contribution in [3.8, 4) is 5.75 Å². The molecule has 2 aromatic carbocycles. The highest BCUT2D eigenvalue weighted by Gasteiger charge is 2.25. The molecule has 1 aliphatic rings. The number of hydrogen-bond acceptors (Lipinski definition) is 3. The molecule has 0 spiro atoms. The highest BCUT2D eigenvalue weighted by molar-refractivity contribution is 5.47. The van der Waals surface area contributed by atoms with E-state index in [0.717, 1.165) is 37.4 Å². The second-order valence-corrected chi connectivity index (χ2v) is 6.30. The summed E-state index contributed by atoms with van der Waals surface area (Å²) in [6.45, 7) is 1.69. The monoisotopic (exact) mass is 314 g/mol. The van der Waals surface area contributed by atoms with Crippen molar-refractivity contribution in [1.82, 2.24) is 0 Å². The molecule has 3 rings (SSSR count). The molecule has 1 saturated heterocycles. The van der Waals surface area contributed by atoms with Gasteiger partial charge < -0.3 is 15.4 Å². The molecule has 0 aromatic heterocycles. The zero-order chi connectivity index (χ0) is 16.2. The third kappa shape index (κ3) is 4.02. The number of benzene rings is 2. The number of methoxy groups -OCH3 is 1. The average Bonchev–Trinajstić information content (AvgIpc) is 2.55. The summed E-state index contributed by atoms with van der Waals surface area (Å²) in [5.74, 6) is 1.14. The Hall–Kier alpha value is -2.07. The summed E-state index contributed by atoms with van der Waals surface area (Å²) in [5, 5.41) is 0. The van der Waals surface area contributed by atoms with Crippen LogP contribution in [0.2, 0.25) is 0 Å². The van der Waals surface area contributed by atoms with Gasteiger partial charge in [0.25, 0.3) is 0 Å². The van der Waals surface area contributed by atoms with Gasteiger partial charge in [-0.3, -0.25) is 0 Å². The molecule has 2 aromatic rings. The molecule has 2 N–H and O–H groups in total. The second kappa shape index (κ2) is 7.01. The van der Waals surface area contributed by atoms with Crippen LogP contribution in [0.5, 0.6) is 5.75 Å². The fourth-order valence-corrected chi connectivity index (χ4v) is 3.37. The molecule has 0 radical (unpaired) electrons. The number of nitrogens with two attached hydrogens (primary N) is 1. The third-order valence-electron chi connectivity index (χ3n) is 4.43. The van der Waals surface area contributed by atoms with E-state index in [1.165, 1.54) is 11.6 Å². The highest BCUT2D eigenvalue weighted by Crippen LogP contribution is 2.26. The van der Waals surface area contributed by atoms with E-state index in [1.807, 2.05) is 18.2 Å². The van der Waals surface area contributed by atoms with E-state index >= 15 is 0 Å². The molecular weight excluding hydrogens is 291 g/mol. The summed E-state index contributed by atoms with van der Waals surface area (Å²) in [6.07, 6.45) is 1.97. The van der Waals surface area contributed by atoms with Gasteiger partial charge in [0, 0.05) is 24.8 Å². The van der Waals surface area contributed by atoms with Crippen molar-refractivity contribution in [2.75, 3.05) is 25.1 Å². The maximum Gasteiger partial charge on any atom is 0.125 e. The van der Waals surface area contributed by atoms with Gasteiger partial charge >= 0.3 is 0 Å². The molecule has 122 valence electrons. The minimum atomic E-state index is -0.201. The van der Waals surface area contributed by atoms with Gasteiger partial charge in [0.15, 0.2) is 0 Å². The zero-order valence-corrected chi connectivity index (χ0v) is 13.4. The molecule has 2 unspecified atom stereocenters. The predicted molar refractivity (Wildman–Crippen MR) is 91.4 cm³/mol. The van der Waals surface area contributed by atoms with Crippen LogP contribution in [0.25, 0.3) is 0 Å². The van der Waals surface area contributed by atoms with Crippen molar-refractivity contribution in [3.05, 3.63) is 59.9 Å². The van der Waals surface area contributed by atoms with Crippen LogP contribution in [0, 0.1) is 11.7 Å². The Balaban J connectivity index is 1.70. The fraction of sp³-hybridized carbons (Fsp3) is 0.368. The van der Waals surface area contributed by atoms with Crippen molar-refractivity contribution < 1.29 is 9.13 Å². The summed E-state index contributed by atoms with van der Waals surface area (Å²) in [6, 6.07) is 15.1. The minimum Gasteiger partial charge on any atom is -0.497 e. The van der Waals surface area contributed by atoms with E-state index in [2.05, 4.69) is 17.0 Å². The van der Waals surface area contributed by atoms with Crippen LogP contribution in [0.4, 0.5) is 10.1 Å². The van der Waals surface area contributed by atoms with Crippen LogP contribution < -0.4 is 15.4 Å². The molecule has 3 nitrogen and oxygen atoms in total. The van der Waals surface area contributed by atoms with E-state index in [4.69, 9.17) is 10.5 Å². The third-order valence-corrected chi connectivity index (χ3v) is 4.43. The lowest BCUT2D eigenvalue weighted by Crippen LogP contribution is -2.47.